The Balaban J connectivity index is 3.48. The molecular formula is C13H26O2. The van der Waals surface area contributed by atoms with Crippen molar-refractivity contribution in [1.29, 1.82) is 0 Å². The van der Waals surface area contributed by atoms with Gasteiger partial charge in [-0.2, -0.15) is 0 Å². The normalized spacial score (nSPS) is 15.3. The molecule has 0 aromatic rings. The van der Waals surface area contributed by atoms with Crippen LogP contribution in [0, 0.1) is 17.8 Å². The molecule has 0 bridgehead atoms. The summed E-state index contributed by atoms with van der Waals surface area (Å²) in [5.41, 5.74) is 0. The third-order valence-corrected chi connectivity index (χ3v) is 2.99. The Kier molecular flexibility index (Phi) is 7.45. The van der Waals surface area contributed by atoms with E-state index in [1.807, 2.05) is 0 Å². The highest BCUT2D eigenvalue weighted by Gasteiger charge is 2.12. The Morgan fingerprint density at radius 1 is 1.00 bits per heavy atom. The van der Waals surface area contributed by atoms with Crippen molar-refractivity contribution < 1.29 is 9.90 Å². The number of hydrogen-bond donors (Lipinski definition) is 1. The molecule has 0 aliphatic carbocycles. The minimum absolute atomic E-state index is 0.183. The maximum atomic E-state index is 10.6. The van der Waals surface area contributed by atoms with Crippen molar-refractivity contribution in [3.8, 4) is 0 Å². The molecule has 0 fully saturated rings. The van der Waals surface area contributed by atoms with E-state index in [2.05, 4.69) is 20.8 Å². The molecule has 2 unspecified atom stereocenters. The van der Waals surface area contributed by atoms with E-state index in [0.29, 0.717) is 5.92 Å². The van der Waals surface area contributed by atoms with Crippen LogP contribution >= 0.6 is 0 Å². The minimum Gasteiger partial charge on any atom is -0.481 e. The molecule has 2 heteroatoms. The molecule has 0 spiro atoms. The standard InChI is InChI=1S/C13H26O2/c1-10(2)6-5-7-11(3)8-9-12(4)13(14)15/h10-12H,5-9H2,1-4H3,(H,14,15). The molecule has 0 aliphatic rings. The molecule has 0 heterocycles. The Morgan fingerprint density at radius 2 is 1.60 bits per heavy atom. The highest BCUT2D eigenvalue weighted by atomic mass is 16.4. The van der Waals surface area contributed by atoms with E-state index in [9.17, 15) is 4.79 Å². The molecular weight excluding hydrogens is 188 g/mol. The summed E-state index contributed by atoms with van der Waals surface area (Å²) in [6.45, 7) is 8.52. The minimum atomic E-state index is -0.663. The summed E-state index contributed by atoms with van der Waals surface area (Å²) in [6, 6.07) is 0. The van der Waals surface area contributed by atoms with Gasteiger partial charge in [0, 0.05) is 0 Å². The molecule has 0 amide bonds. The molecule has 0 saturated carbocycles. The van der Waals surface area contributed by atoms with Crippen LogP contribution in [0.1, 0.15) is 59.8 Å². The summed E-state index contributed by atoms with van der Waals surface area (Å²) in [4.78, 5) is 10.6. The number of rotatable bonds is 8. The fourth-order valence-electron chi connectivity index (χ4n) is 1.68. The number of aliphatic carboxylic acids is 1. The first kappa shape index (κ1) is 14.5. The van der Waals surface area contributed by atoms with Crippen LogP contribution < -0.4 is 0 Å². The predicted molar refractivity (Wildman–Crippen MR) is 63.9 cm³/mol. The van der Waals surface area contributed by atoms with Gasteiger partial charge in [-0.3, -0.25) is 4.79 Å². The third-order valence-electron chi connectivity index (χ3n) is 2.99. The molecule has 0 rings (SSSR count). The lowest BCUT2D eigenvalue weighted by Gasteiger charge is -2.13. The molecule has 2 atom stereocenters. The molecule has 2 nitrogen and oxygen atoms in total. The second-order valence-corrected chi connectivity index (χ2v) is 5.25. The smallest absolute Gasteiger partial charge is 0.306 e. The first-order valence-electron chi connectivity index (χ1n) is 6.16. The van der Waals surface area contributed by atoms with Gasteiger partial charge in [0.2, 0.25) is 0 Å². The average Bonchev–Trinajstić information content (AvgIpc) is 2.13. The topological polar surface area (TPSA) is 37.3 Å². The lowest BCUT2D eigenvalue weighted by atomic mass is 9.93. The van der Waals surface area contributed by atoms with Crippen molar-refractivity contribution in [3.05, 3.63) is 0 Å². The van der Waals surface area contributed by atoms with E-state index in [-0.39, 0.29) is 5.92 Å². The fourth-order valence-corrected chi connectivity index (χ4v) is 1.68. The van der Waals surface area contributed by atoms with Crippen LogP contribution in [0.5, 0.6) is 0 Å². The molecule has 0 aliphatic heterocycles. The van der Waals surface area contributed by atoms with Gasteiger partial charge in [0.15, 0.2) is 0 Å². The van der Waals surface area contributed by atoms with Gasteiger partial charge in [-0.25, -0.2) is 0 Å². The largest absolute Gasteiger partial charge is 0.481 e. The monoisotopic (exact) mass is 214 g/mol. The van der Waals surface area contributed by atoms with Gasteiger partial charge in [0.25, 0.3) is 0 Å². The SMILES string of the molecule is CC(C)CCCC(C)CCC(C)C(=O)O. The van der Waals surface area contributed by atoms with Gasteiger partial charge in [0.1, 0.15) is 0 Å². The first-order valence-corrected chi connectivity index (χ1v) is 6.16. The Morgan fingerprint density at radius 3 is 2.07 bits per heavy atom. The van der Waals surface area contributed by atoms with Crippen molar-refractivity contribution >= 4 is 5.97 Å². The zero-order valence-electron chi connectivity index (χ0n) is 10.6. The summed E-state index contributed by atoms with van der Waals surface area (Å²) in [6.07, 6.45) is 5.67. The van der Waals surface area contributed by atoms with Crippen LogP contribution in [-0.2, 0) is 4.79 Å². The van der Waals surface area contributed by atoms with Crippen LogP contribution in [0.15, 0.2) is 0 Å². The quantitative estimate of drug-likeness (QED) is 0.664. The van der Waals surface area contributed by atoms with Gasteiger partial charge in [-0.05, 0) is 24.7 Å². The zero-order chi connectivity index (χ0) is 11.8. The maximum absolute atomic E-state index is 10.6. The van der Waals surface area contributed by atoms with E-state index < -0.39 is 5.97 Å². The molecule has 0 saturated heterocycles. The molecule has 15 heavy (non-hydrogen) atoms. The van der Waals surface area contributed by atoms with E-state index in [1.54, 1.807) is 6.92 Å². The molecule has 0 radical (unpaired) electrons. The summed E-state index contributed by atoms with van der Waals surface area (Å²) in [5, 5.41) is 8.74. The van der Waals surface area contributed by atoms with E-state index in [1.165, 1.54) is 19.3 Å². The number of carboxylic acids is 1. The predicted octanol–water partition coefficient (Wildman–Crippen LogP) is 3.95. The Labute approximate surface area is 94.1 Å². The van der Waals surface area contributed by atoms with E-state index in [4.69, 9.17) is 5.11 Å². The van der Waals surface area contributed by atoms with Gasteiger partial charge in [-0.15, -0.1) is 0 Å². The molecule has 90 valence electrons. The lowest BCUT2D eigenvalue weighted by molar-refractivity contribution is -0.141. The van der Waals surface area contributed by atoms with Crippen molar-refractivity contribution in [2.75, 3.05) is 0 Å². The zero-order valence-corrected chi connectivity index (χ0v) is 10.6. The van der Waals surface area contributed by atoms with Crippen molar-refractivity contribution in [2.45, 2.75) is 59.8 Å². The third kappa shape index (κ3) is 8.46. The fraction of sp³-hybridized carbons (Fsp3) is 0.923. The summed E-state index contributed by atoms with van der Waals surface area (Å²) in [7, 11) is 0. The number of carbonyl (C=O) groups is 1. The molecule has 1 N–H and O–H groups in total. The Bertz CT molecular complexity index is 175. The summed E-state index contributed by atoms with van der Waals surface area (Å²) < 4.78 is 0. The first-order chi connectivity index (χ1) is 6.93. The van der Waals surface area contributed by atoms with Crippen molar-refractivity contribution in [2.24, 2.45) is 17.8 Å². The highest BCUT2D eigenvalue weighted by Crippen LogP contribution is 2.19. The van der Waals surface area contributed by atoms with Crippen LogP contribution in [0.4, 0.5) is 0 Å². The Hall–Kier alpha value is -0.530. The van der Waals surface area contributed by atoms with Gasteiger partial charge in [0.05, 0.1) is 5.92 Å². The maximum Gasteiger partial charge on any atom is 0.306 e. The van der Waals surface area contributed by atoms with Crippen LogP contribution in [0.3, 0.4) is 0 Å². The number of carboxylic acid groups (broad SMARTS) is 1. The average molecular weight is 214 g/mol. The molecule has 0 aromatic carbocycles. The number of hydrogen-bond acceptors (Lipinski definition) is 1. The van der Waals surface area contributed by atoms with Crippen molar-refractivity contribution in [3.63, 3.8) is 0 Å². The van der Waals surface area contributed by atoms with Crippen LogP contribution in [0.25, 0.3) is 0 Å². The van der Waals surface area contributed by atoms with E-state index >= 15 is 0 Å². The van der Waals surface area contributed by atoms with Gasteiger partial charge in [-0.1, -0.05) is 47.0 Å². The summed E-state index contributed by atoms with van der Waals surface area (Å²) >= 11 is 0. The highest BCUT2D eigenvalue weighted by molar-refractivity contribution is 5.69. The second kappa shape index (κ2) is 7.72. The summed E-state index contributed by atoms with van der Waals surface area (Å²) in [5.74, 6) is 0.614. The second-order valence-electron chi connectivity index (χ2n) is 5.25. The van der Waals surface area contributed by atoms with Gasteiger partial charge >= 0.3 is 5.97 Å². The van der Waals surface area contributed by atoms with Gasteiger partial charge < -0.3 is 5.11 Å². The van der Waals surface area contributed by atoms with Crippen LogP contribution in [0.2, 0.25) is 0 Å². The molecule has 0 aromatic heterocycles. The lowest BCUT2D eigenvalue weighted by Crippen LogP contribution is -2.10. The van der Waals surface area contributed by atoms with Crippen LogP contribution in [-0.4, -0.2) is 11.1 Å². The van der Waals surface area contributed by atoms with Crippen molar-refractivity contribution in [1.82, 2.24) is 0 Å². The van der Waals surface area contributed by atoms with E-state index in [0.717, 1.165) is 18.8 Å².